The van der Waals surface area contributed by atoms with Crippen molar-refractivity contribution in [3.05, 3.63) is 97.2 Å². The summed E-state index contributed by atoms with van der Waals surface area (Å²) in [4.78, 5) is 13.4. The Labute approximate surface area is 533 Å². The van der Waals surface area contributed by atoms with E-state index < -0.39 is 124 Å². The van der Waals surface area contributed by atoms with Gasteiger partial charge in [-0.25, -0.2) is 0 Å². The van der Waals surface area contributed by atoms with Crippen molar-refractivity contribution in [1.82, 2.24) is 5.32 Å². The predicted molar refractivity (Wildman–Crippen MR) is 346 cm³/mol. The van der Waals surface area contributed by atoms with Gasteiger partial charge in [0.15, 0.2) is 18.9 Å². The van der Waals surface area contributed by atoms with Crippen LogP contribution in [0.1, 0.15) is 206 Å². The van der Waals surface area contributed by atoms with Crippen molar-refractivity contribution in [3.8, 4) is 0 Å². The number of amides is 1. The average molecular weight is 1260 g/mol. The molecule has 12 N–H and O–H groups in total. The summed E-state index contributed by atoms with van der Waals surface area (Å²) in [6.07, 6.45) is 39.7. The van der Waals surface area contributed by atoms with Crippen molar-refractivity contribution < 1.29 is 89.4 Å². The summed E-state index contributed by atoms with van der Waals surface area (Å²) in [6.45, 7) is 1.53. The van der Waals surface area contributed by atoms with Crippen molar-refractivity contribution in [2.45, 2.75) is 311 Å². The van der Waals surface area contributed by atoms with Gasteiger partial charge in [0, 0.05) is 6.42 Å². The molecule has 1 amide bonds. The second kappa shape index (κ2) is 51.2. The Morgan fingerprint density at radius 2 is 0.787 bits per heavy atom. The molecule has 0 aromatic heterocycles. The molecule has 3 heterocycles. The molecule has 3 fully saturated rings. The summed E-state index contributed by atoms with van der Waals surface area (Å²) in [7, 11) is 0. The summed E-state index contributed by atoms with van der Waals surface area (Å²) in [5.74, 6) is -0.295. The lowest BCUT2D eigenvalue weighted by atomic mass is 9.96. The van der Waals surface area contributed by atoms with Crippen LogP contribution in [0.15, 0.2) is 97.2 Å². The molecular weight excluding hydrogens is 1140 g/mol. The van der Waals surface area contributed by atoms with Gasteiger partial charge in [-0.05, 0) is 89.9 Å². The lowest BCUT2D eigenvalue weighted by molar-refractivity contribution is -0.379. The van der Waals surface area contributed by atoms with E-state index in [4.69, 9.17) is 28.4 Å². The number of carbonyl (C=O) groups excluding carboxylic acids is 1. The molecule has 17 atom stereocenters. The Hall–Kier alpha value is -3.29. The van der Waals surface area contributed by atoms with Gasteiger partial charge in [0.1, 0.15) is 73.2 Å². The lowest BCUT2D eigenvalue weighted by Crippen LogP contribution is -2.66. The molecule has 0 radical (unpaired) electrons. The van der Waals surface area contributed by atoms with E-state index in [0.29, 0.717) is 12.8 Å². The second-order valence-electron chi connectivity index (χ2n) is 23.9. The van der Waals surface area contributed by atoms with Gasteiger partial charge < -0.3 is 89.9 Å². The van der Waals surface area contributed by atoms with Crippen LogP contribution in [0, 0.1) is 0 Å². The highest BCUT2D eigenvalue weighted by atomic mass is 16.8. The maximum Gasteiger partial charge on any atom is 0.220 e. The first-order valence-corrected chi connectivity index (χ1v) is 34.0. The highest BCUT2D eigenvalue weighted by Gasteiger charge is 2.53. The fourth-order valence-electron chi connectivity index (χ4n) is 10.8. The quantitative estimate of drug-likeness (QED) is 0.0201. The van der Waals surface area contributed by atoms with Gasteiger partial charge in [-0.15, -0.1) is 0 Å². The van der Waals surface area contributed by atoms with Crippen LogP contribution in [0.4, 0.5) is 0 Å². The highest BCUT2D eigenvalue weighted by Crippen LogP contribution is 2.33. The van der Waals surface area contributed by atoms with Gasteiger partial charge in [0.25, 0.3) is 0 Å². The molecule has 0 saturated carbocycles. The summed E-state index contributed by atoms with van der Waals surface area (Å²) >= 11 is 0. The number of rotatable bonds is 50. The van der Waals surface area contributed by atoms with Crippen molar-refractivity contribution in [2.24, 2.45) is 0 Å². The largest absolute Gasteiger partial charge is 0.394 e. The zero-order valence-corrected chi connectivity index (χ0v) is 53.9. The van der Waals surface area contributed by atoms with Crippen LogP contribution in [0.3, 0.4) is 0 Å². The number of ether oxygens (including phenoxy) is 6. The molecule has 3 saturated heterocycles. The van der Waals surface area contributed by atoms with Gasteiger partial charge >= 0.3 is 0 Å². The molecule has 19 nitrogen and oxygen atoms in total. The van der Waals surface area contributed by atoms with Crippen LogP contribution in [-0.4, -0.2) is 193 Å². The molecule has 17 unspecified atom stereocenters. The number of nitrogens with one attached hydrogen (secondary N) is 1. The fraction of sp³-hybridized carbons (Fsp3) is 0.757. The van der Waals surface area contributed by atoms with E-state index in [1.807, 2.05) is 6.08 Å². The van der Waals surface area contributed by atoms with Gasteiger partial charge in [-0.1, -0.05) is 207 Å². The van der Waals surface area contributed by atoms with Crippen LogP contribution in [0.5, 0.6) is 0 Å². The van der Waals surface area contributed by atoms with Crippen molar-refractivity contribution >= 4 is 5.91 Å². The van der Waals surface area contributed by atoms with E-state index in [1.54, 1.807) is 6.08 Å². The maximum atomic E-state index is 13.4. The summed E-state index contributed by atoms with van der Waals surface area (Å²) in [5, 5.41) is 120. The van der Waals surface area contributed by atoms with E-state index in [2.05, 4.69) is 104 Å². The molecule has 3 rings (SSSR count). The minimum absolute atomic E-state index is 0.227. The maximum absolute atomic E-state index is 13.4. The van der Waals surface area contributed by atoms with Gasteiger partial charge in [0.2, 0.25) is 5.91 Å². The summed E-state index contributed by atoms with van der Waals surface area (Å²) in [6, 6.07) is -1.00. The van der Waals surface area contributed by atoms with Crippen LogP contribution < -0.4 is 5.32 Å². The van der Waals surface area contributed by atoms with Gasteiger partial charge in [-0.3, -0.25) is 4.79 Å². The fourth-order valence-corrected chi connectivity index (χ4v) is 10.8. The molecule has 89 heavy (non-hydrogen) atoms. The minimum Gasteiger partial charge on any atom is -0.394 e. The number of unbranched alkanes of at least 4 members (excludes halogenated alkanes) is 20. The van der Waals surface area contributed by atoms with Crippen molar-refractivity contribution in [1.29, 1.82) is 0 Å². The van der Waals surface area contributed by atoms with Crippen LogP contribution in [0.25, 0.3) is 0 Å². The first-order chi connectivity index (χ1) is 43.3. The Morgan fingerprint density at radius 3 is 1.26 bits per heavy atom. The lowest BCUT2D eigenvalue weighted by Gasteiger charge is -2.48. The molecule has 0 aromatic rings. The zero-order chi connectivity index (χ0) is 64.7. The molecule has 512 valence electrons. The third kappa shape index (κ3) is 33.4. The molecule has 19 heteroatoms. The summed E-state index contributed by atoms with van der Waals surface area (Å²) < 4.78 is 34.3. The SMILES string of the molecule is CC/C=C\C/C=C\C/C=C\C/C=C\C/C=C\CCCCCCCCCCCCCCCCCC(=O)NC(COC1OC(CO)C(OC2OC(CO)C(OC3OC(CO)C(O)C(O)C3O)C(O)C2O)C(O)C1O)C(O)/C=C/CC/C=C/CC/C=C/CCCCC. The third-order valence-electron chi connectivity index (χ3n) is 16.3. The molecule has 0 spiro atoms. The smallest absolute Gasteiger partial charge is 0.220 e. The Kier molecular flexibility index (Phi) is 46.0. The summed E-state index contributed by atoms with van der Waals surface area (Å²) in [5.41, 5.74) is 0. The molecule has 3 aliphatic rings. The number of hydrogen-bond acceptors (Lipinski definition) is 18. The molecule has 3 aliphatic heterocycles. The van der Waals surface area contributed by atoms with Gasteiger partial charge in [0.05, 0.1) is 38.6 Å². The Balaban J connectivity index is 1.39. The van der Waals surface area contributed by atoms with E-state index in [0.717, 1.165) is 83.5 Å². The zero-order valence-electron chi connectivity index (χ0n) is 53.9. The Morgan fingerprint density at radius 1 is 0.416 bits per heavy atom. The van der Waals surface area contributed by atoms with Crippen LogP contribution in [-0.2, 0) is 33.2 Å². The number of aliphatic hydroxyl groups excluding tert-OH is 11. The standard InChI is InChI=1S/C70H119NO18/c1-3-5-7-9-11-13-15-17-18-19-20-21-22-23-24-25-26-27-28-29-30-31-32-33-34-36-38-40-42-44-46-48-58(76)71-53(54(75)47-45-43-41-39-37-35-16-14-12-10-8-6-4-2)52-84-68-64(82)61(79)66(56(50-73)86-68)89-70-65(83)62(80)67(57(51-74)87-70)88-69-63(81)60(78)59(77)55(49-72)85-69/h5,7,11-14,17-18,20-21,23-24,37,39,45,47,53-57,59-70,72-75,77-83H,3-4,6,8-10,15-16,19,22,25-36,38,40-44,46,48-52H2,1-2H3,(H,71,76)/b7-5-,13-11-,14-12+,18-17-,21-20-,24-23-,39-37+,47-45+. The van der Waals surface area contributed by atoms with Crippen LogP contribution in [0.2, 0.25) is 0 Å². The average Bonchev–Trinajstić information content (AvgIpc) is 1.92. The topological polar surface area (TPSA) is 307 Å². The van der Waals surface area contributed by atoms with E-state index >= 15 is 0 Å². The first kappa shape index (κ1) is 79.9. The molecule has 0 bridgehead atoms. The first-order valence-electron chi connectivity index (χ1n) is 34.0. The van der Waals surface area contributed by atoms with Crippen LogP contribution >= 0.6 is 0 Å². The Bertz CT molecular complexity index is 1990. The van der Waals surface area contributed by atoms with E-state index in [1.165, 1.54) is 89.9 Å². The molecule has 0 aromatic carbocycles. The number of hydrogen-bond donors (Lipinski definition) is 12. The number of carbonyl (C=O) groups is 1. The van der Waals surface area contributed by atoms with E-state index in [-0.39, 0.29) is 18.9 Å². The predicted octanol–water partition coefficient (Wildman–Crippen LogP) is 8.49. The normalized spacial score (nSPS) is 28.8. The molecule has 0 aliphatic carbocycles. The second-order valence-corrected chi connectivity index (χ2v) is 23.9. The molecular formula is C70H119NO18. The highest BCUT2D eigenvalue weighted by molar-refractivity contribution is 5.76. The van der Waals surface area contributed by atoms with Crippen molar-refractivity contribution in [2.75, 3.05) is 26.4 Å². The van der Waals surface area contributed by atoms with Crippen molar-refractivity contribution in [3.63, 3.8) is 0 Å². The van der Waals surface area contributed by atoms with E-state index in [9.17, 15) is 61.0 Å². The number of allylic oxidation sites excluding steroid dienone is 15. The number of aliphatic hydroxyl groups is 11. The minimum atomic E-state index is -1.99. The third-order valence-corrected chi connectivity index (χ3v) is 16.3. The monoisotopic (exact) mass is 1260 g/mol. The van der Waals surface area contributed by atoms with Gasteiger partial charge in [-0.2, -0.15) is 0 Å².